The Bertz CT molecular complexity index is 469. The van der Waals surface area contributed by atoms with E-state index in [0.29, 0.717) is 0 Å². The third-order valence-electron chi connectivity index (χ3n) is 4.42. The van der Waals surface area contributed by atoms with Gasteiger partial charge < -0.3 is 10.6 Å². The zero-order valence-corrected chi connectivity index (χ0v) is 15.0. The minimum Gasteiger partial charge on any atom is -0.357 e. The van der Waals surface area contributed by atoms with Crippen molar-refractivity contribution in [3.05, 3.63) is 16.1 Å². The first kappa shape index (κ1) is 17.3. The Labute approximate surface area is 138 Å². The van der Waals surface area contributed by atoms with E-state index in [9.17, 15) is 0 Å². The Kier molecular flexibility index (Phi) is 7.16. The minimum atomic E-state index is 0.755. The smallest absolute Gasteiger partial charge is 0.191 e. The van der Waals surface area contributed by atoms with Crippen LogP contribution in [-0.4, -0.2) is 30.6 Å². The largest absolute Gasteiger partial charge is 0.357 e. The van der Waals surface area contributed by atoms with Gasteiger partial charge in [-0.25, -0.2) is 4.98 Å². The fourth-order valence-corrected chi connectivity index (χ4v) is 3.81. The first-order valence-corrected chi connectivity index (χ1v) is 9.44. The van der Waals surface area contributed by atoms with Crippen molar-refractivity contribution < 1.29 is 0 Å². The van der Waals surface area contributed by atoms with Crippen molar-refractivity contribution >= 4 is 17.3 Å². The third kappa shape index (κ3) is 5.59. The fourth-order valence-electron chi connectivity index (χ4n) is 3.02. The molecule has 0 spiro atoms. The third-order valence-corrected chi connectivity index (χ3v) is 5.39. The maximum atomic E-state index is 4.80. The molecule has 0 radical (unpaired) electrons. The molecular formula is C17H30N4S. The lowest BCUT2D eigenvalue weighted by Crippen LogP contribution is -2.39. The molecule has 0 bridgehead atoms. The molecule has 1 aliphatic carbocycles. The van der Waals surface area contributed by atoms with E-state index in [4.69, 9.17) is 4.99 Å². The van der Waals surface area contributed by atoms with Gasteiger partial charge in [-0.05, 0) is 32.1 Å². The van der Waals surface area contributed by atoms with E-state index in [1.807, 2.05) is 6.20 Å². The predicted octanol–water partition coefficient (Wildman–Crippen LogP) is 3.38. The number of nitrogens with one attached hydrogen (secondary N) is 2. The summed E-state index contributed by atoms with van der Waals surface area (Å²) in [4.78, 5) is 10.5. The first-order valence-electron chi connectivity index (χ1n) is 8.62. The van der Waals surface area contributed by atoms with E-state index < -0.39 is 0 Å². The highest BCUT2D eigenvalue weighted by Gasteiger charge is 2.20. The van der Waals surface area contributed by atoms with Gasteiger partial charge in [-0.1, -0.05) is 26.2 Å². The minimum absolute atomic E-state index is 0.755. The van der Waals surface area contributed by atoms with Crippen LogP contribution in [-0.2, 0) is 6.42 Å². The molecule has 5 heteroatoms. The number of nitrogens with zero attached hydrogens (tertiary/aromatic N) is 2. The summed E-state index contributed by atoms with van der Waals surface area (Å²) in [5.74, 6) is 2.53. The molecule has 4 nitrogen and oxygen atoms in total. The van der Waals surface area contributed by atoms with Gasteiger partial charge >= 0.3 is 0 Å². The van der Waals surface area contributed by atoms with E-state index >= 15 is 0 Å². The van der Waals surface area contributed by atoms with E-state index in [-0.39, 0.29) is 0 Å². The highest BCUT2D eigenvalue weighted by Crippen LogP contribution is 2.29. The average Bonchev–Trinajstić information content (AvgIpc) is 2.92. The lowest BCUT2D eigenvalue weighted by Gasteiger charge is -2.27. The summed E-state index contributed by atoms with van der Waals surface area (Å²) in [7, 11) is 0. The molecule has 124 valence electrons. The molecule has 1 heterocycles. The Balaban J connectivity index is 1.78. The van der Waals surface area contributed by atoms with Crippen molar-refractivity contribution in [2.75, 3.05) is 19.6 Å². The number of guanidine groups is 1. The van der Waals surface area contributed by atoms with E-state index in [2.05, 4.69) is 36.4 Å². The van der Waals surface area contributed by atoms with Crippen molar-refractivity contribution in [2.24, 2.45) is 16.8 Å². The van der Waals surface area contributed by atoms with Crippen LogP contribution in [0.15, 0.2) is 11.2 Å². The summed E-state index contributed by atoms with van der Waals surface area (Å²) in [5, 5.41) is 7.98. The molecule has 2 rings (SSSR count). The second kappa shape index (κ2) is 9.13. The lowest BCUT2D eigenvalue weighted by atomic mass is 9.80. The van der Waals surface area contributed by atoms with E-state index in [1.165, 1.54) is 35.6 Å². The fraction of sp³-hybridized carbons (Fsp3) is 0.765. The SMILES string of the molecule is CCNC(=NCC1CCCCC1C)NCCc1ncc(C)s1. The Morgan fingerprint density at radius 1 is 1.36 bits per heavy atom. The van der Waals surface area contributed by atoms with Gasteiger partial charge in [-0.15, -0.1) is 11.3 Å². The van der Waals surface area contributed by atoms with Crippen LogP contribution in [0.4, 0.5) is 0 Å². The standard InChI is InChI=1S/C17H30N4S/c1-4-18-17(19-10-9-16-20-11-14(3)22-16)21-12-15-8-6-5-7-13(15)2/h11,13,15H,4-10,12H2,1-3H3,(H2,18,19,21). The highest BCUT2D eigenvalue weighted by molar-refractivity contribution is 7.11. The average molecular weight is 323 g/mol. The topological polar surface area (TPSA) is 49.3 Å². The van der Waals surface area contributed by atoms with Gasteiger partial charge in [0.25, 0.3) is 0 Å². The van der Waals surface area contributed by atoms with Gasteiger partial charge in [-0.3, -0.25) is 4.99 Å². The van der Waals surface area contributed by atoms with Gasteiger partial charge in [0.05, 0.1) is 5.01 Å². The summed E-state index contributed by atoms with van der Waals surface area (Å²) >= 11 is 1.78. The van der Waals surface area contributed by atoms with Crippen molar-refractivity contribution in [1.29, 1.82) is 0 Å². The van der Waals surface area contributed by atoms with Crippen LogP contribution in [0.2, 0.25) is 0 Å². The number of aliphatic imine (C=N–C) groups is 1. The molecule has 2 N–H and O–H groups in total. The zero-order chi connectivity index (χ0) is 15.8. The summed E-state index contributed by atoms with van der Waals surface area (Å²) in [6.07, 6.45) is 8.38. The molecule has 1 aliphatic rings. The molecule has 1 saturated carbocycles. The predicted molar refractivity (Wildman–Crippen MR) is 95.7 cm³/mol. The number of hydrogen-bond acceptors (Lipinski definition) is 3. The molecule has 0 amide bonds. The molecule has 1 aromatic rings. The number of rotatable bonds is 6. The summed E-state index contributed by atoms with van der Waals surface area (Å²) < 4.78 is 0. The van der Waals surface area contributed by atoms with Crippen molar-refractivity contribution in [3.63, 3.8) is 0 Å². The molecular weight excluding hydrogens is 292 g/mol. The van der Waals surface area contributed by atoms with Gasteiger partial charge in [-0.2, -0.15) is 0 Å². The lowest BCUT2D eigenvalue weighted by molar-refractivity contribution is 0.263. The number of hydrogen-bond donors (Lipinski definition) is 2. The van der Waals surface area contributed by atoms with Crippen LogP contribution in [0.5, 0.6) is 0 Å². The summed E-state index contributed by atoms with van der Waals surface area (Å²) in [5.41, 5.74) is 0. The molecule has 2 unspecified atom stereocenters. The van der Waals surface area contributed by atoms with E-state index in [0.717, 1.165) is 43.9 Å². The maximum Gasteiger partial charge on any atom is 0.191 e. The van der Waals surface area contributed by atoms with Crippen LogP contribution in [0.25, 0.3) is 0 Å². The molecule has 0 aromatic carbocycles. The van der Waals surface area contributed by atoms with Gasteiger partial charge in [0.2, 0.25) is 0 Å². The Hall–Kier alpha value is -1.10. The zero-order valence-electron chi connectivity index (χ0n) is 14.2. The second-order valence-electron chi connectivity index (χ2n) is 6.28. The van der Waals surface area contributed by atoms with E-state index in [1.54, 1.807) is 11.3 Å². The van der Waals surface area contributed by atoms with Crippen molar-refractivity contribution in [1.82, 2.24) is 15.6 Å². The number of aryl methyl sites for hydroxylation is 1. The number of aromatic nitrogens is 1. The van der Waals surface area contributed by atoms with Crippen molar-refractivity contribution in [2.45, 2.75) is 52.9 Å². The van der Waals surface area contributed by atoms with Crippen LogP contribution in [0.1, 0.15) is 49.4 Å². The first-order chi connectivity index (χ1) is 10.7. The second-order valence-corrected chi connectivity index (χ2v) is 7.60. The molecule has 22 heavy (non-hydrogen) atoms. The quantitative estimate of drug-likeness (QED) is 0.623. The normalized spacial score (nSPS) is 22.6. The molecule has 1 fully saturated rings. The van der Waals surface area contributed by atoms with Crippen LogP contribution in [0, 0.1) is 18.8 Å². The molecule has 1 aromatic heterocycles. The summed E-state index contributed by atoms with van der Waals surface area (Å²) in [6.45, 7) is 9.34. The highest BCUT2D eigenvalue weighted by atomic mass is 32.1. The monoisotopic (exact) mass is 322 g/mol. The molecule has 0 aliphatic heterocycles. The Morgan fingerprint density at radius 3 is 2.86 bits per heavy atom. The van der Waals surface area contributed by atoms with Gasteiger partial charge in [0.1, 0.15) is 0 Å². The molecule has 0 saturated heterocycles. The van der Waals surface area contributed by atoms with Crippen LogP contribution in [0.3, 0.4) is 0 Å². The summed E-state index contributed by atoms with van der Waals surface area (Å²) in [6, 6.07) is 0. The van der Waals surface area contributed by atoms with Crippen LogP contribution < -0.4 is 10.6 Å². The Morgan fingerprint density at radius 2 is 2.18 bits per heavy atom. The van der Waals surface area contributed by atoms with Crippen molar-refractivity contribution in [3.8, 4) is 0 Å². The molecule has 2 atom stereocenters. The maximum absolute atomic E-state index is 4.80. The number of thiazole rings is 1. The van der Waals surface area contributed by atoms with Crippen LogP contribution >= 0.6 is 11.3 Å². The van der Waals surface area contributed by atoms with Gasteiger partial charge in [0, 0.05) is 37.1 Å². The van der Waals surface area contributed by atoms with Gasteiger partial charge in [0.15, 0.2) is 5.96 Å².